The number of furan rings is 1. The van der Waals surface area contributed by atoms with E-state index < -0.39 is 22.9 Å². The minimum absolute atomic E-state index is 0.0588. The molecule has 11 heteroatoms. The van der Waals surface area contributed by atoms with Crippen molar-refractivity contribution >= 4 is 62.8 Å². The first-order chi connectivity index (χ1) is 13.3. The Balaban J connectivity index is 2.15. The van der Waals surface area contributed by atoms with Crippen LogP contribution in [0, 0.1) is 0 Å². The van der Waals surface area contributed by atoms with Gasteiger partial charge >= 0.3 is 6.03 Å². The van der Waals surface area contributed by atoms with Gasteiger partial charge in [-0.1, -0.05) is 23.2 Å². The smallest absolute Gasteiger partial charge is 0.316 e. The van der Waals surface area contributed by atoms with E-state index in [4.69, 9.17) is 33.4 Å². The first-order valence-corrected chi connectivity index (χ1v) is 9.40. The standard InChI is InChI=1S/C17H12Cl2N2O6S/c1-25-27-28(24)9-3-5-11-13(7-9)26-16(14(11)21-17(20)23)15(22)10-4-2-8(18)6-12(10)19/h2-7H,1H3,(H3,20,21,23). The summed E-state index contributed by atoms with van der Waals surface area (Å²) in [6, 6.07) is 7.78. The quantitative estimate of drug-likeness (QED) is 0.337. The molecular weight excluding hydrogens is 431 g/mol. The summed E-state index contributed by atoms with van der Waals surface area (Å²) < 4.78 is 22.1. The van der Waals surface area contributed by atoms with Crippen molar-refractivity contribution in [3.05, 3.63) is 57.8 Å². The van der Waals surface area contributed by atoms with Gasteiger partial charge in [0.15, 0.2) is 5.76 Å². The number of benzene rings is 2. The third-order valence-corrected chi connectivity index (χ3v) is 5.06. The Morgan fingerprint density at radius 3 is 2.57 bits per heavy atom. The molecule has 0 aliphatic rings. The highest BCUT2D eigenvalue weighted by Crippen LogP contribution is 2.35. The summed E-state index contributed by atoms with van der Waals surface area (Å²) in [6.07, 6.45) is 0. The number of anilines is 1. The van der Waals surface area contributed by atoms with Crippen LogP contribution in [0.2, 0.25) is 10.0 Å². The van der Waals surface area contributed by atoms with Crippen LogP contribution in [0.1, 0.15) is 16.1 Å². The number of nitrogens with two attached hydrogens (primary N) is 1. The van der Waals surface area contributed by atoms with E-state index in [9.17, 15) is 13.8 Å². The van der Waals surface area contributed by atoms with Crippen LogP contribution in [0.3, 0.4) is 0 Å². The van der Waals surface area contributed by atoms with Crippen LogP contribution in [0.15, 0.2) is 45.7 Å². The molecule has 146 valence electrons. The second-order valence-electron chi connectivity index (χ2n) is 5.38. The van der Waals surface area contributed by atoms with E-state index in [2.05, 4.69) is 14.5 Å². The molecule has 0 aliphatic heterocycles. The molecule has 0 saturated heterocycles. The number of primary amides is 1. The third-order valence-electron chi connectivity index (χ3n) is 3.61. The van der Waals surface area contributed by atoms with Crippen molar-refractivity contribution in [2.45, 2.75) is 4.90 Å². The van der Waals surface area contributed by atoms with Gasteiger partial charge in [-0.3, -0.25) is 4.79 Å². The average molecular weight is 443 g/mol. The lowest BCUT2D eigenvalue weighted by molar-refractivity contribution is -0.166. The molecule has 2 aromatic carbocycles. The predicted octanol–water partition coefficient (Wildman–Crippen LogP) is 4.06. The summed E-state index contributed by atoms with van der Waals surface area (Å²) in [5.41, 5.74) is 5.56. The van der Waals surface area contributed by atoms with Crippen LogP contribution >= 0.6 is 23.2 Å². The fraction of sp³-hybridized carbons (Fsp3) is 0.0588. The second-order valence-corrected chi connectivity index (χ2v) is 7.30. The monoisotopic (exact) mass is 442 g/mol. The van der Waals surface area contributed by atoms with E-state index in [1.165, 1.54) is 43.5 Å². The Labute approximate surface area is 171 Å². The van der Waals surface area contributed by atoms with E-state index in [1.54, 1.807) is 0 Å². The maximum atomic E-state index is 13.0. The van der Waals surface area contributed by atoms with Crippen LogP contribution < -0.4 is 11.1 Å². The zero-order valence-corrected chi connectivity index (χ0v) is 16.5. The molecule has 1 unspecified atom stereocenters. The summed E-state index contributed by atoms with van der Waals surface area (Å²) in [5, 5.41) is 3.20. The van der Waals surface area contributed by atoms with Crippen molar-refractivity contribution < 1.29 is 27.4 Å². The number of fused-ring (bicyclic) bond motifs is 1. The van der Waals surface area contributed by atoms with Gasteiger partial charge in [-0.25, -0.2) is 13.9 Å². The molecular formula is C17H12Cl2N2O6S. The normalized spacial score (nSPS) is 12.1. The fourth-order valence-corrected chi connectivity index (χ4v) is 3.56. The first-order valence-electron chi connectivity index (χ1n) is 7.57. The zero-order chi connectivity index (χ0) is 20.4. The van der Waals surface area contributed by atoms with E-state index >= 15 is 0 Å². The molecule has 1 aromatic heterocycles. The lowest BCUT2D eigenvalue weighted by Crippen LogP contribution is -2.20. The van der Waals surface area contributed by atoms with Gasteiger partial charge in [0.2, 0.25) is 16.9 Å². The summed E-state index contributed by atoms with van der Waals surface area (Å²) in [4.78, 5) is 29.0. The molecule has 28 heavy (non-hydrogen) atoms. The second kappa shape index (κ2) is 8.29. The molecule has 8 nitrogen and oxygen atoms in total. The molecule has 0 fully saturated rings. The van der Waals surface area contributed by atoms with Gasteiger partial charge in [-0.15, -0.1) is 4.33 Å². The summed E-state index contributed by atoms with van der Waals surface area (Å²) in [6.45, 7) is 0. The minimum Gasteiger partial charge on any atom is -0.450 e. The Bertz CT molecular complexity index is 1110. The Morgan fingerprint density at radius 2 is 1.93 bits per heavy atom. The predicted molar refractivity (Wildman–Crippen MR) is 104 cm³/mol. The number of nitrogens with one attached hydrogen (secondary N) is 1. The van der Waals surface area contributed by atoms with Gasteiger partial charge in [0.05, 0.1) is 17.0 Å². The fourth-order valence-electron chi connectivity index (χ4n) is 2.48. The van der Waals surface area contributed by atoms with Gasteiger partial charge in [0.1, 0.15) is 11.3 Å². The summed E-state index contributed by atoms with van der Waals surface area (Å²) in [5.74, 6) is -0.800. The van der Waals surface area contributed by atoms with Crippen LogP contribution in [0.4, 0.5) is 10.5 Å². The van der Waals surface area contributed by atoms with Gasteiger partial charge in [-0.2, -0.15) is 0 Å². The molecule has 3 N–H and O–H groups in total. The number of hydrogen-bond donors (Lipinski definition) is 2. The topological polar surface area (TPSA) is 121 Å². The number of carbonyl (C=O) groups excluding carboxylic acids is 2. The van der Waals surface area contributed by atoms with Crippen LogP contribution in [0.5, 0.6) is 0 Å². The highest BCUT2D eigenvalue weighted by molar-refractivity contribution is 7.80. The van der Waals surface area contributed by atoms with Crippen molar-refractivity contribution in [1.82, 2.24) is 0 Å². The van der Waals surface area contributed by atoms with E-state index in [1.807, 2.05) is 0 Å². The number of rotatable bonds is 6. The molecule has 0 radical (unpaired) electrons. The zero-order valence-electron chi connectivity index (χ0n) is 14.2. The van der Waals surface area contributed by atoms with Crippen LogP contribution in [-0.4, -0.2) is 23.1 Å². The van der Waals surface area contributed by atoms with Crippen molar-refractivity contribution in [2.24, 2.45) is 5.73 Å². The lowest BCUT2D eigenvalue weighted by Gasteiger charge is -2.05. The van der Waals surface area contributed by atoms with Gasteiger partial charge in [-0.05, 0) is 30.3 Å². The van der Waals surface area contributed by atoms with E-state index in [-0.39, 0.29) is 32.5 Å². The molecule has 0 saturated carbocycles. The molecule has 3 aromatic rings. The molecule has 2 amide bonds. The first kappa shape index (κ1) is 20.3. The SMILES string of the molecule is COOS(=O)c1ccc2c(NC(N)=O)c(C(=O)c3ccc(Cl)cc3Cl)oc2c1. The number of carbonyl (C=O) groups is 2. The Kier molecular flexibility index (Phi) is 6.01. The highest BCUT2D eigenvalue weighted by Gasteiger charge is 2.25. The maximum absolute atomic E-state index is 13.0. The van der Waals surface area contributed by atoms with Crippen molar-refractivity contribution in [2.75, 3.05) is 12.4 Å². The van der Waals surface area contributed by atoms with Gasteiger partial charge in [0, 0.05) is 22.0 Å². The van der Waals surface area contributed by atoms with E-state index in [0.717, 1.165) is 0 Å². The van der Waals surface area contributed by atoms with Gasteiger partial charge < -0.3 is 15.5 Å². The van der Waals surface area contributed by atoms with Crippen LogP contribution in [-0.2, 0) is 20.3 Å². The number of urea groups is 1. The molecule has 0 bridgehead atoms. The number of amides is 2. The summed E-state index contributed by atoms with van der Waals surface area (Å²) in [7, 11) is 1.21. The van der Waals surface area contributed by atoms with Crippen LogP contribution in [0.25, 0.3) is 11.0 Å². The molecule has 1 atom stereocenters. The Hall–Kier alpha value is -2.43. The highest BCUT2D eigenvalue weighted by atomic mass is 35.5. The van der Waals surface area contributed by atoms with Gasteiger partial charge in [0.25, 0.3) is 0 Å². The maximum Gasteiger partial charge on any atom is 0.316 e. The molecule has 0 spiro atoms. The number of hydrogen-bond acceptors (Lipinski definition) is 6. The molecule has 1 heterocycles. The number of ketones is 1. The lowest BCUT2D eigenvalue weighted by atomic mass is 10.1. The summed E-state index contributed by atoms with van der Waals surface area (Å²) >= 11 is 10.0. The van der Waals surface area contributed by atoms with Crippen molar-refractivity contribution in [3.8, 4) is 0 Å². The number of halogens is 2. The van der Waals surface area contributed by atoms with Crippen molar-refractivity contribution in [1.29, 1.82) is 0 Å². The Morgan fingerprint density at radius 1 is 1.18 bits per heavy atom. The minimum atomic E-state index is -1.92. The molecule has 3 rings (SSSR count). The molecule has 0 aliphatic carbocycles. The van der Waals surface area contributed by atoms with E-state index in [0.29, 0.717) is 10.4 Å². The van der Waals surface area contributed by atoms with Crippen molar-refractivity contribution in [3.63, 3.8) is 0 Å². The third kappa shape index (κ3) is 4.03. The average Bonchev–Trinajstić information content (AvgIpc) is 2.98. The largest absolute Gasteiger partial charge is 0.450 e.